The molecule has 2 aromatic rings. The van der Waals surface area contributed by atoms with Gasteiger partial charge in [0.15, 0.2) is 5.84 Å². The van der Waals surface area contributed by atoms with E-state index in [1.807, 2.05) is 87.7 Å². The van der Waals surface area contributed by atoms with Gasteiger partial charge in [0.2, 0.25) is 0 Å². The Morgan fingerprint density at radius 2 is 1.59 bits per heavy atom. The molecule has 1 aliphatic heterocycles. The minimum atomic E-state index is -0.307. The lowest BCUT2D eigenvalue weighted by atomic mass is 9.99. The summed E-state index contributed by atoms with van der Waals surface area (Å²) in [6.45, 7) is 0. The molecule has 0 aliphatic carbocycles. The largest absolute Gasteiger partial charge is 0.378 e. The third kappa shape index (κ3) is 3.40. The minimum absolute atomic E-state index is 0.307. The second kappa shape index (κ2) is 7.34. The Morgan fingerprint density at radius 3 is 2.11 bits per heavy atom. The summed E-state index contributed by atoms with van der Waals surface area (Å²) in [7, 11) is 7.52. The highest BCUT2D eigenvalue weighted by atomic mass is 16.2. The summed E-state index contributed by atoms with van der Waals surface area (Å²) in [6.07, 6.45) is 0. The van der Waals surface area contributed by atoms with Crippen molar-refractivity contribution in [1.82, 2.24) is 4.90 Å². The van der Waals surface area contributed by atoms with Gasteiger partial charge in [-0.2, -0.15) is 10.3 Å². The SMILES string of the molecule is CN(C)C1=NN(c2ccccc2)C(=O)/C1=C(\C#N)c1ccc(N(C)C)cc1. The Labute approximate surface area is 159 Å². The van der Waals surface area contributed by atoms with Crippen LogP contribution >= 0.6 is 0 Å². The number of benzene rings is 2. The molecule has 6 heteroatoms. The summed E-state index contributed by atoms with van der Waals surface area (Å²) in [4.78, 5) is 16.9. The lowest BCUT2D eigenvalue weighted by Crippen LogP contribution is -2.26. The zero-order chi connectivity index (χ0) is 19.6. The zero-order valence-electron chi connectivity index (χ0n) is 15.8. The number of hydrogen-bond acceptors (Lipinski definition) is 5. The molecule has 0 atom stereocenters. The molecule has 1 amide bonds. The van der Waals surface area contributed by atoms with Gasteiger partial charge >= 0.3 is 0 Å². The number of nitriles is 1. The highest BCUT2D eigenvalue weighted by Gasteiger charge is 2.35. The van der Waals surface area contributed by atoms with Crippen LogP contribution in [0.4, 0.5) is 11.4 Å². The molecular formula is C21H21N5O. The van der Waals surface area contributed by atoms with E-state index < -0.39 is 0 Å². The van der Waals surface area contributed by atoms with Crippen molar-refractivity contribution in [2.24, 2.45) is 5.10 Å². The van der Waals surface area contributed by atoms with E-state index in [1.54, 1.807) is 4.90 Å². The van der Waals surface area contributed by atoms with E-state index in [0.717, 1.165) is 5.69 Å². The second-order valence-electron chi connectivity index (χ2n) is 6.57. The molecular weight excluding hydrogens is 338 g/mol. The third-order valence-electron chi connectivity index (χ3n) is 4.28. The van der Waals surface area contributed by atoms with Gasteiger partial charge < -0.3 is 9.80 Å². The zero-order valence-corrected chi connectivity index (χ0v) is 15.8. The number of allylic oxidation sites excluding steroid dienone is 1. The number of anilines is 2. The monoisotopic (exact) mass is 359 g/mol. The number of rotatable bonds is 3. The van der Waals surface area contributed by atoms with Crippen LogP contribution in [0, 0.1) is 11.3 Å². The van der Waals surface area contributed by atoms with Gasteiger partial charge in [0.25, 0.3) is 5.91 Å². The molecule has 0 N–H and O–H groups in total. The molecule has 0 radical (unpaired) electrons. The molecule has 0 bridgehead atoms. The molecule has 1 aliphatic rings. The van der Waals surface area contributed by atoms with Crippen molar-refractivity contribution < 1.29 is 4.79 Å². The topological polar surface area (TPSA) is 62.9 Å². The van der Waals surface area contributed by atoms with Crippen molar-refractivity contribution >= 4 is 28.7 Å². The Hall–Kier alpha value is -3.59. The van der Waals surface area contributed by atoms with Crippen LogP contribution in [0.15, 0.2) is 65.3 Å². The summed E-state index contributed by atoms with van der Waals surface area (Å²) in [5, 5.41) is 15.6. The van der Waals surface area contributed by atoms with Crippen LogP contribution in [0.1, 0.15) is 5.56 Å². The molecule has 0 spiro atoms. The molecule has 27 heavy (non-hydrogen) atoms. The average Bonchev–Trinajstić information content (AvgIpc) is 3.01. The molecule has 3 rings (SSSR count). The van der Waals surface area contributed by atoms with Gasteiger partial charge in [-0.1, -0.05) is 30.3 Å². The van der Waals surface area contributed by atoms with Crippen LogP contribution in [0.2, 0.25) is 0 Å². The van der Waals surface area contributed by atoms with Crippen molar-refractivity contribution in [3.05, 3.63) is 65.7 Å². The molecule has 2 aromatic carbocycles. The van der Waals surface area contributed by atoms with Crippen molar-refractivity contribution in [3.8, 4) is 6.07 Å². The maximum absolute atomic E-state index is 13.1. The first kappa shape index (κ1) is 18.2. The fourth-order valence-corrected chi connectivity index (χ4v) is 2.86. The number of carbonyl (C=O) groups is 1. The first-order valence-corrected chi connectivity index (χ1v) is 8.52. The number of amidine groups is 1. The summed E-state index contributed by atoms with van der Waals surface area (Å²) in [6, 6.07) is 19.0. The van der Waals surface area contributed by atoms with Crippen molar-refractivity contribution in [1.29, 1.82) is 5.26 Å². The van der Waals surface area contributed by atoms with E-state index in [0.29, 0.717) is 28.2 Å². The van der Waals surface area contributed by atoms with Crippen LogP contribution in [-0.2, 0) is 4.79 Å². The third-order valence-corrected chi connectivity index (χ3v) is 4.28. The Bertz CT molecular complexity index is 950. The van der Waals surface area contributed by atoms with Gasteiger partial charge in [0.1, 0.15) is 11.6 Å². The average molecular weight is 359 g/mol. The Balaban J connectivity index is 2.12. The van der Waals surface area contributed by atoms with Crippen LogP contribution < -0.4 is 9.91 Å². The molecule has 1 heterocycles. The maximum atomic E-state index is 13.1. The van der Waals surface area contributed by atoms with E-state index in [-0.39, 0.29) is 5.91 Å². The number of likely N-dealkylation sites (N-methyl/N-ethyl adjacent to an activating group) is 1. The van der Waals surface area contributed by atoms with E-state index >= 15 is 0 Å². The van der Waals surface area contributed by atoms with Gasteiger partial charge in [-0.15, -0.1) is 5.10 Å². The van der Waals surface area contributed by atoms with Crippen LogP contribution in [0.5, 0.6) is 0 Å². The molecule has 0 saturated carbocycles. The number of amides is 1. The predicted molar refractivity (Wildman–Crippen MR) is 108 cm³/mol. The number of nitrogens with zero attached hydrogens (tertiary/aromatic N) is 5. The van der Waals surface area contributed by atoms with Gasteiger partial charge in [-0.3, -0.25) is 4.79 Å². The molecule has 0 saturated heterocycles. The van der Waals surface area contributed by atoms with Crippen LogP contribution in [0.3, 0.4) is 0 Å². The van der Waals surface area contributed by atoms with E-state index in [4.69, 9.17) is 0 Å². The smallest absolute Gasteiger partial charge is 0.283 e. The second-order valence-corrected chi connectivity index (χ2v) is 6.57. The van der Waals surface area contributed by atoms with E-state index in [2.05, 4.69) is 11.2 Å². The maximum Gasteiger partial charge on any atom is 0.283 e. The summed E-state index contributed by atoms with van der Waals surface area (Å²) in [5.74, 6) is 0.162. The fraction of sp³-hybridized carbons (Fsp3) is 0.190. The van der Waals surface area contributed by atoms with Crippen molar-refractivity contribution in [2.75, 3.05) is 38.1 Å². The standard InChI is InChI=1S/C21H21N5O/c1-24(2)16-12-10-15(11-13-16)18(14-22)19-20(25(3)4)23-26(21(19)27)17-8-6-5-7-9-17/h5-13H,1-4H3/b19-18+. The number of carbonyl (C=O) groups excluding carboxylic acids is 1. The first-order chi connectivity index (χ1) is 12.9. The van der Waals surface area contributed by atoms with E-state index in [9.17, 15) is 10.1 Å². The van der Waals surface area contributed by atoms with Crippen LogP contribution in [0.25, 0.3) is 5.57 Å². The summed E-state index contributed by atoms with van der Waals surface area (Å²) >= 11 is 0. The number of para-hydroxylation sites is 1. The van der Waals surface area contributed by atoms with Crippen molar-refractivity contribution in [3.63, 3.8) is 0 Å². The van der Waals surface area contributed by atoms with Crippen molar-refractivity contribution in [2.45, 2.75) is 0 Å². The predicted octanol–water partition coefficient (Wildman–Crippen LogP) is 2.95. The summed E-state index contributed by atoms with van der Waals surface area (Å²) in [5.41, 5.74) is 3.00. The Morgan fingerprint density at radius 1 is 0.963 bits per heavy atom. The van der Waals surface area contributed by atoms with E-state index in [1.165, 1.54) is 5.01 Å². The lowest BCUT2D eigenvalue weighted by Gasteiger charge is -2.14. The normalized spacial score (nSPS) is 15.3. The van der Waals surface area contributed by atoms with Gasteiger partial charge in [-0.05, 0) is 29.8 Å². The molecule has 0 fully saturated rings. The number of hydrogen-bond donors (Lipinski definition) is 0. The molecule has 136 valence electrons. The quantitative estimate of drug-likeness (QED) is 0.624. The van der Waals surface area contributed by atoms with Gasteiger partial charge in [0.05, 0.1) is 11.3 Å². The fourth-order valence-electron chi connectivity index (χ4n) is 2.86. The van der Waals surface area contributed by atoms with Gasteiger partial charge in [-0.25, -0.2) is 0 Å². The summed E-state index contributed by atoms with van der Waals surface area (Å²) < 4.78 is 0. The Kier molecular flexibility index (Phi) is 4.95. The van der Waals surface area contributed by atoms with Crippen LogP contribution in [-0.4, -0.2) is 44.8 Å². The highest BCUT2D eigenvalue weighted by Crippen LogP contribution is 2.30. The molecule has 0 aromatic heterocycles. The highest BCUT2D eigenvalue weighted by molar-refractivity contribution is 6.34. The lowest BCUT2D eigenvalue weighted by molar-refractivity contribution is -0.114. The minimum Gasteiger partial charge on any atom is -0.378 e. The molecule has 6 nitrogen and oxygen atoms in total. The number of hydrazone groups is 1. The van der Waals surface area contributed by atoms with Gasteiger partial charge in [0, 0.05) is 33.9 Å². The molecule has 0 unspecified atom stereocenters. The first-order valence-electron chi connectivity index (χ1n) is 8.52.